The molecule has 6 heteroatoms. The highest BCUT2D eigenvalue weighted by Gasteiger charge is 2.10. The molecule has 0 saturated heterocycles. The van der Waals surface area contributed by atoms with Gasteiger partial charge >= 0.3 is 0 Å². The van der Waals surface area contributed by atoms with E-state index in [0.29, 0.717) is 11.3 Å². The van der Waals surface area contributed by atoms with Crippen molar-refractivity contribution in [2.75, 3.05) is 13.1 Å². The van der Waals surface area contributed by atoms with Crippen LogP contribution in [-0.4, -0.2) is 36.1 Å². The van der Waals surface area contributed by atoms with Gasteiger partial charge in [0.05, 0.1) is 17.5 Å². The maximum absolute atomic E-state index is 11.7. The zero-order chi connectivity index (χ0) is 14.3. The first-order valence-corrected chi connectivity index (χ1v) is 7.14. The predicted octanol–water partition coefficient (Wildman–Crippen LogP) is 1.06. The number of thiophene rings is 1. The van der Waals surface area contributed by atoms with E-state index in [1.165, 1.54) is 11.3 Å². The molecule has 1 atom stereocenters. The van der Waals surface area contributed by atoms with Crippen LogP contribution in [-0.2, 0) is 4.79 Å². The van der Waals surface area contributed by atoms with Gasteiger partial charge in [-0.1, -0.05) is 13.3 Å². The Balaban J connectivity index is 2.25. The highest BCUT2D eigenvalue weighted by atomic mass is 32.1. The summed E-state index contributed by atoms with van der Waals surface area (Å²) in [5.74, 6) is -0.542. The van der Waals surface area contributed by atoms with Crippen molar-refractivity contribution in [3.05, 3.63) is 21.9 Å². The molecule has 0 aliphatic heterocycles. The van der Waals surface area contributed by atoms with Crippen LogP contribution >= 0.6 is 11.3 Å². The van der Waals surface area contributed by atoms with Crippen LogP contribution in [0.1, 0.15) is 34.3 Å². The summed E-state index contributed by atoms with van der Waals surface area (Å²) in [4.78, 5) is 24.8. The van der Waals surface area contributed by atoms with Crippen molar-refractivity contribution in [3.63, 3.8) is 0 Å². The summed E-state index contributed by atoms with van der Waals surface area (Å²) >= 11 is 1.39. The number of aliphatic hydroxyl groups is 1. The van der Waals surface area contributed by atoms with E-state index in [1.54, 1.807) is 6.07 Å². The SMILES string of the molecule is CCCC(O)CNC(=O)CNC(=O)c1ccc(C)s1. The van der Waals surface area contributed by atoms with Crippen LogP contribution in [0.25, 0.3) is 0 Å². The van der Waals surface area contributed by atoms with Gasteiger partial charge in [0, 0.05) is 11.4 Å². The van der Waals surface area contributed by atoms with E-state index in [4.69, 9.17) is 0 Å². The lowest BCUT2D eigenvalue weighted by molar-refractivity contribution is -0.120. The summed E-state index contributed by atoms with van der Waals surface area (Å²) < 4.78 is 0. The number of hydrogen-bond donors (Lipinski definition) is 3. The molecule has 0 fully saturated rings. The molecule has 106 valence electrons. The zero-order valence-corrected chi connectivity index (χ0v) is 12.0. The molecule has 19 heavy (non-hydrogen) atoms. The predicted molar refractivity (Wildman–Crippen MR) is 75.3 cm³/mol. The zero-order valence-electron chi connectivity index (χ0n) is 11.2. The van der Waals surface area contributed by atoms with E-state index >= 15 is 0 Å². The molecule has 1 heterocycles. The molecule has 1 unspecified atom stereocenters. The second-order valence-electron chi connectivity index (χ2n) is 4.34. The summed E-state index contributed by atoms with van der Waals surface area (Å²) in [6.45, 7) is 4.03. The van der Waals surface area contributed by atoms with Crippen molar-refractivity contribution in [2.45, 2.75) is 32.8 Å². The summed E-state index contributed by atoms with van der Waals surface area (Å²) in [5, 5.41) is 14.6. The minimum absolute atomic E-state index is 0.0748. The van der Waals surface area contributed by atoms with E-state index in [1.807, 2.05) is 19.9 Å². The van der Waals surface area contributed by atoms with Crippen LogP contribution in [0.4, 0.5) is 0 Å². The average molecular weight is 284 g/mol. The lowest BCUT2D eigenvalue weighted by Crippen LogP contribution is -2.39. The first kappa shape index (κ1) is 15.7. The number of carbonyl (C=O) groups is 2. The van der Waals surface area contributed by atoms with Gasteiger partial charge < -0.3 is 15.7 Å². The minimum Gasteiger partial charge on any atom is -0.391 e. The quantitative estimate of drug-likeness (QED) is 0.700. The Morgan fingerprint density at radius 3 is 2.68 bits per heavy atom. The standard InChI is InChI=1S/C13H20N2O3S/c1-3-4-10(16)7-14-12(17)8-15-13(18)11-6-5-9(2)19-11/h5-6,10,16H,3-4,7-8H2,1-2H3,(H,14,17)(H,15,18). The first-order valence-electron chi connectivity index (χ1n) is 6.32. The summed E-state index contributed by atoms with van der Waals surface area (Å²) in [6, 6.07) is 3.60. The third-order valence-corrected chi connectivity index (χ3v) is 3.53. The van der Waals surface area contributed by atoms with E-state index in [0.717, 1.165) is 11.3 Å². The number of amides is 2. The molecule has 0 saturated carbocycles. The second-order valence-corrected chi connectivity index (χ2v) is 5.63. The Kier molecular flexibility index (Phi) is 6.52. The number of nitrogens with one attached hydrogen (secondary N) is 2. The second kappa shape index (κ2) is 7.91. The van der Waals surface area contributed by atoms with Crippen LogP contribution in [0.5, 0.6) is 0 Å². The molecule has 0 bridgehead atoms. The Hall–Kier alpha value is -1.40. The molecule has 0 aliphatic rings. The van der Waals surface area contributed by atoms with Crippen LogP contribution in [0.2, 0.25) is 0 Å². The Morgan fingerprint density at radius 2 is 2.11 bits per heavy atom. The smallest absolute Gasteiger partial charge is 0.261 e. The maximum atomic E-state index is 11.7. The monoisotopic (exact) mass is 284 g/mol. The molecule has 0 spiro atoms. The first-order chi connectivity index (χ1) is 9.02. The van der Waals surface area contributed by atoms with Gasteiger partial charge in [-0.05, 0) is 25.5 Å². The molecule has 0 aromatic carbocycles. The average Bonchev–Trinajstić information content (AvgIpc) is 2.80. The fourth-order valence-electron chi connectivity index (χ4n) is 1.53. The number of hydrogen-bond acceptors (Lipinski definition) is 4. The van der Waals surface area contributed by atoms with Gasteiger partial charge in [-0.2, -0.15) is 0 Å². The van der Waals surface area contributed by atoms with Crippen molar-refractivity contribution in [3.8, 4) is 0 Å². The normalized spacial score (nSPS) is 11.9. The van der Waals surface area contributed by atoms with E-state index in [-0.39, 0.29) is 24.9 Å². The highest BCUT2D eigenvalue weighted by molar-refractivity contribution is 7.13. The van der Waals surface area contributed by atoms with Crippen molar-refractivity contribution >= 4 is 23.2 Å². The van der Waals surface area contributed by atoms with Crippen molar-refractivity contribution in [1.29, 1.82) is 0 Å². The fraction of sp³-hybridized carbons (Fsp3) is 0.538. The van der Waals surface area contributed by atoms with Crippen LogP contribution < -0.4 is 10.6 Å². The van der Waals surface area contributed by atoms with Gasteiger partial charge in [-0.25, -0.2) is 0 Å². The van der Waals surface area contributed by atoms with E-state index in [2.05, 4.69) is 10.6 Å². The van der Waals surface area contributed by atoms with Crippen molar-refractivity contribution in [1.82, 2.24) is 10.6 Å². The minimum atomic E-state index is -0.524. The molecule has 2 amide bonds. The van der Waals surface area contributed by atoms with Gasteiger partial charge in [-0.3, -0.25) is 9.59 Å². The third-order valence-electron chi connectivity index (χ3n) is 2.53. The molecule has 0 aliphatic carbocycles. The molecule has 1 aromatic rings. The summed E-state index contributed by atoms with van der Waals surface area (Å²) in [7, 11) is 0. The van der Waals surface area contributed by atoms with Crippen LogP contribution in [0.15, 0.2) is 12.1 Å². The molecular weight excluding hydrogens is 264 g/mol. The van der Waals surface area contributed by atoms with Crippen molar-refractivity contribution < 1.29 is 14.7 Å². The number of carbonyl (C=O) groups excluding carboxylic acids is 2. The lowest BCUT2D eigenvalue weighted by atomic mass is 10.2. The number of rotatable bonds is 7. The molecule has 0 radical (unpaired) electrons. The van der Waals surface area contributed by atoms with E-state index in [9.17, 15) is 14.7 Å². The molecule has 1 rings (SSSR count). The van der Waals surface area contributed by atoms with Crippen molar-refractivity contribution in [2.24, 2.45) is 0 Å². The summed E-state index contributed by atoms with van der Waals surface area (Å²) in [5.41, 5.74) is 0. The number of aliphatic hydroxyl groups excluding tert-OH is 1. The molecule has 5 nitrogen and oxygen atoms in total. The van der Waals surface area contributed by atoms with E-state index < -0.39 is 6.10 Å². The largest absolute Gasteiger partial charge is 0.391 e. The van der Waals surface area contributed by atoms with Gasteiger partial charge in [0.2, 0.25) is 5.91 Å². The molecule has 3 N–H and O–H groups in total. The third kappa shape index (κ3) is 5.85. The Bertz CT molecular complexity index is 431. The Labute approximate surface area is 117 Å². The van der Waals surface area contributed by atoms with Crippen LogP contribution in [0, 0.1) is 6.92 Å². The van der Waals surface area contributed by atoms with Gasteiger partial charge in [0.1, 0.15) is 0 Å². The summed E-state index contributed by atoms with van der Waals surface area (Å²) in [6.07, 6.45) is 0.997. The molecular formula is C13H20N2O3S. The maximum Gasteiger partial charge on any atom is 0.261 e. The number of aryl methyl sites for hydroxylation is 1. The van der Waals surface area contributed by atoms with Gasteiger partial charge in [0.25, 0.3) is 5.91 Å². The van der Waals surface area contributed by atoms with Gasteiger partial charge in [-0.15, -0.1) is 11.3 Å². The Morgan fingerprint density at radius 1 is 1.37 bits per heavy atom. The lowest BCUT2D eigenvalue weighted by Gasteiger charge is -2.10. The van der Waals surface area contributed by atoms with Crippen LogP contribution in [0.3, 0.4) is 0 Å². The fourth-order valence-corrected chi connectivity index (χ4v) is 2.32. The molecule has 1 aromatic heterocycles. The van der Waals surface area contributed by atoms with Gasteiger partial charge in [0.15, 0.2) is 0 Å². The highest BCUT2D eigenvalue weighted by Crippen LogP contribution is 2.14. The topological polar surface area (TPSA) is 78.4 Å².